The Balaban J connectivity index is 3.72. The molecule has 130 valence electrons. The molecular formula is C15H31N3O4. The van der Waals surface area contributed by atoms with Crippen molar-refractivity contribution in [3.63, 3.8) is 0 Å². The van der Waals surface area contributed by atoms with Crippen LogP contribution in [0.25, 0.3) is 0 Å². The molecule has 0 aliphatic carbocycles. The Morgan fingerprint density at radius 1 is 0.864 bits per heavy atom. The molecule has 3 N–H and O–H groups in total. The van der Waals surface area contributed by atoms with Gasteiger partial charge >= 0.3 is 12.2 Å². The predicted molar refractivity (Wildman–Crippen MR) is 85.9 cm³/mol. The van der Waals surface area contributed by atoms with E-state index in [1.165, 1.54) is 0 Å². The van der Waals surface area contributed by atoms with Crippen LogP contribution < -0.4 is 16.0 Å². The Bertz CT molecular complexity index is 359. The SMILES string of the molecule is CC(CNC(=O)OC(C)(C)C)NCCNC(=O)OC(C)(C)C. The van der Waals surface area contributed by atoms with Crippen LogP contribution in [-0.4, -0.2) is 49.1 Å². The van der Waals surface area contributed by atoms with Gasteiger partial charge in [0.05, 0.1) is 0 Å². The van der Waals surface area contributed by atoms with Gasteiger partial charge in [0.1, 0.15) is 11.2 Å². The minimum absolute atomic E-state index is 0.0629. The number of alkyl carbamates (subject to hydrolysis) is 2. The molecule has 22 heavy (non-hydrogen) atoms. The Morgan fingerprint density at radius 2 is 1.32 bits per heavy atom. The quantitative estimate of drug-likeness (QED) is 0.652. The first-order valence-corrected chi connectivity index (χ1v) is 7.56. The van der Waals surface area contributed by atoms with Gasteiger partial charge in [-0.3, -0.25) is 0 Å². The first-order valence-electron chi connectivity index (χ1n) is 7.56. The molecule has 7 heteroatoms. The van der Waals surface area contributed by atoms with Gasteiger partial charge in [0.25, 0.3) is 0 Å². The molecule has 0 rings (SSSR count). The van der Waals surface area contributed by atoms with E-state index >= 15 is 0 Å². The largest absolute Gasteiger partial charge is 0.444 e. The minimum Gasteiger partial charge on any atom is -0.444 e. The number of nitrogens with one attached hydrogen (secondary N) is 3. The molecule has 0 saturated carbocycles. The van der Waals surface area contributed by atoms with E-state index in [0.29, 0.717) is 19.6 Å². The number of ether oxygens (including phenoxy) is 2. The number of hydrogen-bond donors (Lipinski definition) is 3. The normalized spacial score (nSPS) is 13.2. The van der Waals surface area contributed by atoms with Crippen LogP contribution in [0, 0.1) is 0 Å². The van der Waals surface area contributed by atoms with Gasteiger partial charge < -0.3 is 25.4 Å². The molecule has 0 aromatic carbocycles. The first-order chi connectivity index (χ1) is 9.89. The molecule has 0 spiro atoms. The van der Waals surface area contributed by atoms with Crippen LogP contribution in [0.4, 0.5) is 9.59 Å². The summed E-state index contributed by atoms with van der Waals surface area (Å²) in [4.78, 5) is 22.9. The lowest BCUT2D eigenvalue weighted by molar-refractivity contribution is 0.0518. The summed E-state index contributed by atoms with van der Waals surface area (Å²) in [7, 11) is 0. The molecule has 0 aromatic heterocycles. The van der Waals surface area contributed by atoms with E-state index in [2.05, 4.69) is 16.0 Å². The summed E-state index contributed by atoms with van der Waals surface area (Å²) in [6.07, 6.45) is -0.873. The maximum Gasteiger partial charge on any atom is 0.407 e. The van der Waals surface area contributed by atoms with Gasteiger partial charge in [0, 0.05) is 25.7 Å². The molecule has 1 unspecified atom stereocenters. The molecule has 2 amide bonds. The number of carbonyl (C=O) groups is 2. The summed E-state index contributed by atoms with van der Waals surface area (Å²) < 4.78 is 10.3. The number of carbonyl (C=O) groups excluding carboxylic acids is 2. The highest BCUT2D eigenvalue weighted by molar-refractivity contribution is 5.68. The van der Waals surface area contributed by atoms with Crippen LogP contribution in [0.2, 0.25) is 0 Å². The van der Waals surface area contributed by atoms with Crippen LogP contribution in [0.5, 0.6) is 0 Å². The third-order valence-corrected chi connectivity index (χ3v) is 2.24. The predicted octanol–water partition coefficient (Wildman–Crippen LogP) is 2.01. The zero-order valence-electron chi connectivity index (χ0n) is 14.8. The van der Waals surface area contributed by atoms with Crippen molar-refractivity contribution >= 4 is 12.2 Å². The molecule has 1 atom stereocenters. The summed E-state index contributed by atoms with van der Waals surface area (Å²) in [5.74, 6) is 0. The van der Waals surface area contributed by atoms with Crippen molar-refractivity contribution in [3.8, 4) is 0 Å². The average molecular weight is 317 g/mol. The fourth-order valence-electron chi connectivity index (χ4n) is 1.42. The highest BCUT2D eigenvalue weighted by Gasteiger charge is 2.17. The minimum atomic E-state index is -0.502. The van der Waals surface area contributed by atoms with Gasteiger partial charge in [-0.25, -0.2) is 9.59 Å². The maximum absolute atomic E-state index is 11.5. The van der Waals surface area contributed by atoms with E-state index in [1.807, 2.05) is 48.5 Å². The zero-order valence-corrected chi connectivity index (χ0v) is 14.8. The molecule has 7 nitrogen and oxygen atoms in total. The topological polar surface area (TPSA) is 88.7 Å². The van der Waals surface area contributed by atoms with Gasteiger partial charge in [0.15, 0.2) is 0 Å². The zero-order chi connectivity index (χ0) is 17.4. The maximum atomic E-state index is 11.5. The molecule has 0 aliphatic heterocycles. The second kappa shape index (κ2) is 8.82. The Kier molecular flexibility index (Phi) is 8.22. The summed E-state index contributed by atoms with van der Waals surface area (Å²) >= 11 is 0. The van der Waals surface area contributed by atoms with Crippen molar-refractivity contribution in [1.82, 2.24) is 16.0 Å². The van der Waals surface area contributed by atoms with Crippen LogP contribution >= 0.6 is 0 Å². The highest BCUT2D eigenvalue weighted by Crippen LogP contribution is 2.06. The molecular weight excluding hydrogens is 286 g/mol. The molecule has 0 radical (unpaired) electrons. The Labute approximate surface area is 133 Å². The molecule has 0 saturated heterocycles. The van der Waals surface area contributed by atoms with Gasteiger partial charge in [0.2, 0.25) is 0 Å². The lowest BCUT2D eigenvalue weighted by Crippen LogP contribution is -2.43. The van der Waals surface area contributed by atoms with Gasteiger partial charge in [-0.15, -0.1) is 0 Å². The van der Waals surface area contributed by atoms with Crippen LogP contribution in [0.3, 0.4) is 0 Å². The summed E-state index contributed by atoms with van der Waals surface area (Å²) in [5, 5.41) is 8.52. The van der Waals surface area contributed by atoms with Crippen LogP contribution in [0.1, 0.15) is 48.5 Å². The van der Waals surface area contributed by atoms with Crippen molar-refractivity contribution in [2.45, 2.75) is 65.7 Å². The Morgan fingerprint density at radius 3 is 1.77 bits per heavy atom. The third-order valence-electron chi connectivity index (χ3n) is 2.24. The van der Waals surface area contributed by atoms with E-state index < -0.39 is 23.4 Å². The fraction of sp³-hybridized carbons (Fsp3) is 0.867. The molecule has 0 aliphatic rings. The summed E-state index contributed by atoms with van der Waals surface area (Å²) in [5.41, 5.74) is -1.000. The van der Waals surface area contributed by atoms with Crippen molar-refractivity contribution in [2.24, 2.45) is 0 Å². The summed E-state index contributed by atoms with van der Waals surface area (Å²) in [6, 6.07) is 0.0629. The van der Waals surface area contributed by atoms with Crippen LogP contribution in [0.15, 0.2) is 0 Å². The van der Waals surface area contributed by atoms with Crippen molar-refractivity contribution in [1.29, 1.82) is 0 Å². The lowest BCUT2D eigenvalue weighted by atomic mass is 10.2. The first kappa shape index (κ1) is 20.5. The van der Waals surface area contributed by atoms with E-state index in [4.69, 9.17) is 9.47 Å². The second-order valence-corrected chi connectivity index (χ2v) is 7.17. The van der Waals surface area contributed by atoms with E-state index in [0.717, 1.165) is 0 Å². The second-order valence-electron chi connectivity index (χ2n) is 7.17. The monoisotopic (exact) mass is 317 g/mol. The van der Waals surface area contributed by atoms with E-state index in [1.54, 1.807) is 0 Å². The third kappa shape index (κ3) is 13.5. The van der Waals surface area contributed by atoms with Gasteiger partial charge in [-0.1, -0.05) is 0 Å². The van der Waals surface area contributed by atoms with Crippen LogP contribution in [-0.2, 0) is 9.47 Å². The van der Waals surface area contributed by atoms with Crippen molar-refractivity contribution in [2.75, 3.05) is 19.6 Å². The lowest BCUT2D eigenvalue weighted by Gasteiger charge is -2.21. The molecule has 0 bridgehead atoms. The standard InChI is InChI=1S/C15H31N3O4/c1-11(10-18-13(20)22-15(5,6)7)16-8-9-17-12(19)21-14(2,3)4/h11,16H,8-10H2,1-7H3,(H,17,19)(H,18,20). The number of amides is 2. The fourth-order valence-corrected chi connectivity index (χ4v) is 1.42. The number of rotatable bonds is 6. The number of hydrogen-bond acceptors (Lipinski definition) is 5. The van der Waals surface area contributed by atoms with E-state index in [-0.39, 0.29) is 6.04 Å². The van der Waals surface area contributed by atoms with Crippen molar-refractivity contribution < 1.29 is 19.1 Å². The molecule has 0 heterocycles. The summed E-state index contributed by atoms with van der Waals surface area (Å²) in [6.45, 7) is 14.3. The smallest absolute Gasteiger partial charge is 0.407 e. The molecule has 0 aromatic rings. The van der Waals surface area contributed by atoms with Gasteiger partial charge in [-0.2, -0.15) is 0 Å². The average Bonchev–Trinajstić information content (AvgIpc) is 2.27. The molecule has 0 fully saturated rings. The van der Waals surface area contributed by atoms with Gasteiger partial charge in [-0.05, 0) is 48.5 Å². The van der Waals surface area contributed by atoms with Crippen molar-refractivity contribution in [3.05, 3.63) is 0 Å². The van der Waals surface area contributed by atoms with E-state index in [9.17, 15) is 9.59 Å². The Hall–Kier alpha value is -1.50. The highest BCUT2D eigenvalue weighted by atomic mass is 16.6.